The topological polar surface area (TPSA) is 113 Å². The highest BCUT2D eigenvalue weighted by molar-refractivity contribution is 7.22. The molecule has 0 unspecified atom stereocenters. The summed E-state index contributed by atoms with van der Waals surface area (Å²) in [5.74, 6) is 0.915. The second-order valence-electron chi connectivity index (χ2n) is 7.06. The van der Waals surface area contributed by atoms with Crippen molar-refractivity contribution in [1.82, 2.24) is 14.5 Å². The van der Waals surface area contributed by atoms with Gasteiger partial charge in [-0.2, -0.15) is 0 Å². The number of hydrogen-bond acceptors (Lipinski definition) is 8. The fourth-order valence-corrected chi connectivity index (χ4v) is 4.48. The van der Waals surface area contributed by atoms with E-state index in [0.717, 1.165) is 4.70 Å². The molecule has 0 saturated heterocycles. The highest BCUT2D eigenvalue weighted by atomic mass is 32.1. The van der Waals surface area contributed by atoms with Crippen LogP contribution in [-0.4, -0.2) is 46.1 Å². The first-order valence-corrected chi connectivity index (χ1v) is 10.9. The van der Waals surface area contributed by atoms with Crippen LogP contribution in [0.2, 0.25) is 0 Å². The van der Waals surface area contributed by atoms with E-state index in [1.54, 1.807) is 43.8 Å². The van der Waals surface area contributed by atoms with Gasteiger partial charge in [0, 0.05) is 43.2 Å². The van der Waals surface area contributed by atoms with Crippen LogP contribution in [0.5, 0.6) is 11.5 Å². The Morgan fingerprint density at radius 1 is 1.15 bits per heavy atom. The molecule has 0 saturated carbocycles. The average Bonchev–Trinajstić information content (AvgIpc) is 3.51. The number of non-ortho nitro benzene ring substituents is 1. The van der Waals surface area contributed by atoms with Gasteiger partial charge in [0.05, 0.1) is 25.5 Å². The van der Waals surface area contributed by atoms with Gasteiger partial charge < -0.3 is 14.0 Å². The number of methoxy groups -OCH3 is 2. The number of rotatable bonds is 9. The summed E-state index contributed by atoms with van der Waals surface area (Å²) in [5.41, 5.74) is 0.863. The number of nitro groups is 1. The van der Waals surface area contributed by atoms with Gasteiger partial charge in [0.1, 0.15) is 21.7 Å². The standard InChI is InChI=1S/C22H21N5O5S/c1-31-17-8-9-18(32-2)20-19(17)24-22(33-20)26(12-3-11-25-13-10-23-14-25)21(28)15-4-6-16(7-5-15)27(29)30/h4-10,13-14H,3,11-12H2,1-2H3. The van der Waals surface area contributed by atoms with Crippen molar-refractivity contribution in [1.29, 1.82) is 0 Å². The molecule has 0 bridgehead atoms. The molecule has 0 aliphatic rings. The van der Waals surface area contributed by atoms with E-state index in [1.165, 1.54) is 35.6 Å². The third-order valence-corrected chi connectivity index (χ3v) is 6.15. The fourth-order valence-electron chi connectivity index (χ4n) is 3.39. The number of aryl methyl sites for hydroxylation is 1. The summed E-state index contributed by atoms with van der Waals surface area (Å²) < 4.78 is 13.6. The van der Waals surface area contributed by atoms with Crippen LogP contribution < -0.4 is 14.4 Å². The summed E-state index contributed by atoms with van der Waals surface area (Å²) in [6.45, 7) is 1.06. The van der Waals surface area contributed by atoms with Crippen molar-refractivity contribution < 1.29 is 19.2 Å². The zero-order valence-corrected chi connectivity index (χ0v) is 18.8. The number of imidazole rings is 1. The lowest BCUT2D eigenvalue weighted by Crippen LogP contribution is -2.32. The Hall–Kier alpha value is -3.99. The summed E-state index contributed by atoms with van der Waals surface area (Å²) >= 11 is 1.33. The van der Waals surface area contributed by atoms with Crippen molar-refractivity contribution in [2.45, 2.75) is 13.0 Å². The normalized spacial score (nSPS) is 10.8. The minimum Gasteiger partial charge on any atom is -0.495 e. The number of benzene rings is 2. The highest BCUT2D eigenvalue weighted by Crippen LogP contribution is 2.40. The Labute approximate surface area is 193 Å². The van der Waals surface area contributed by atoms with Gasteiger partial charge in [-0.3, -0.25) is 19.8 Å². The van der Waals surface area contributed by atoms with E-state index < -0.39 is 4.92 Å². The lowest BCUT2D eigenvalue weighted by molar-refractivity contribution is -0.384. The molecule has 4 rings (SSSR count). The first-order chi connectivity index (χ1) is 16.0. The maximum absolute atomic E-state index is 13.4. The minimum absolute atomic E-state index is 0.0762. The third kappa shape index (κ3) is 4.62. The van der Waals surface area contributed by atoms with Crippen molar-refractivity contribution >= 4 is 38.3 Å². The van der Waals surface area contributed by atoms with Gasteiger partial charge in [0.15, 0.2) is 5.13 Å². The number of amides is 1. The van der Waals surface area contributed by atoms with Crippen molar-refractivity contribution in [3.8, 4) is 11.5 Å². The number of aromatic nitrogens is 3. The molecule has 33 heavy (non-hydrogen) atoms. The van der Waals surface area contributed by atoms with Gasteiger partial charge in [-0.1, -0.05) is 11.3 Å². The lowest BCUT2D eigenvalue weighted by atomic mass is 10.2. The molecule has 0 aliphatic heterocycles. The Balaban J connectivity index is 1.70. The van der Waals surface area contributed by atoms with E-state index in [-0.39, 0.29) is 11.6 Å². The predicted octanol–water partition coefficient (Wildman–Crippen LogP) is 4.16. The van der Waals surface area contributed by atoms with Gasteiger partial charge in [-0.25, -0.2) is 9.97 Å². The Kier molecular flexibility index (Phi) is 6.50. The second-order valence-corrected chi connectivity index (χ2v) is 8.04. The quantitative estimate of drug-likeness (QED) is 0.268. The van der Waals surface area contributed by atoms with Crippen LogP contribution in [-0.2, 0) is 6.54 Å². The van der Waals surface area contributed by atoms with Crippen molar-refractivity contribution in [2.24, 2.45) is 0 Å². The number of hydrogen-bond donors (Lipinski definition) is 0. The number of carbonyl (C=O) groups excluding carboxylic acids is 1. The largest absolute Gasteiger partial charge is 0.495 e. The number of carbonyl (C=O) groups is 1. The zero-order chi connectivity index (χ0) is 23.4. The van der Waals surface area contributed by atoms with Crippen LogP contribution in [0.15, 0.2) is 55.1 Å². The molecule has 0 radical (unpaired) electrons. The highest BCUT2D eigenvalue weighted by Gasteiger charge is 2.24. The third-order valence-electron chi connectivity index (χ3n) is 5.06. The number of nitro benzene ring substituents is 1. The fraction of sp³-hybridized carbons (Fsp3) is 0.227. The molecular weight excluding hydrogens is 446 g/mol. The first-order valence-electron chi connectivity index (χ1n) is 10.1. The summed E-state index contributed by atoms with van der Waals surface area (Å²) in [6, 6.07) is 9.12. The molecule has 0 spiro atoms. The van der Waals surface area contributed by atoms with Crippen LogP contribution in [0.3, 0.4) is 0 Å². The van der Waals surface area contributed by atoms with Crippen molar-refractivity contribution in [2.75, 3.05) is 25.7 Å². The van der Waals surface area contributed by atoms with Gasteiger partial charge in [-0.15, -0.1) is 0 Å². The molecule has 0 aliphatic carbocycles. The van der Waals surface area contributed by atoms with E-state index >= 15 is 0 Å². The number of thiazole rings is 1. The van der Waals surface area contributed by atoms with Crippen LogP contribution >= 0.6 is 11.3 Å². The van der Waals surface area contributed by atoms with E-state index in [0.29, 0.717) is 47.2 Å². The maximum Gasteiger partial charge on any atom is 0.269 e. The minimum atomic E-state index is -0.497. The van der Waals surface area contributed by atoms with Crippen LogP contribution in [0.1, 0.15) is 16.8 Å². The van der Waals surface area contributed by atoms with Gasteiger partial charge in [0.2, 0.25) is 0 Å². The molecule has 10 nitrogen and oxygen atoms in total. The molecule has 0 fully saturated rings. The number of anilines is 1. The molecule has 2 aromatic carbocycles. The molecule has 2 heterocycles. The molecule has 1 amide bonds. The molecular formula is C22H21N5O5S. The van der Waals surface area contributed by atoms with E-state index in [4.69, 9.17) is 14.5 Å². The number of ether oxygens (including phenoxy) is 2. The molecule has 4 aromatic rings. The average molecular weight is 468 g/mol. The molecule has 170 valence electrons. The molecule has 0 N–H and O–H groups in total. The maximum atomic E-state index is 13.4. The van der Waals surface area contributed by atoms with Gasteiger partial charge >= 0.3 is 0 Å². The second kappa shape index (κ2) is 9.65. The van der Waals surface area contributed by atoms with Crippen LogP contribution in [0, 0.1) is 10.1 Å². The summed E-state index contributed by atoms with van der Waals surface area (Å²) in [4.78, 5) is 34.2. The summed E-state index contributed by atoms with van der Waals surface area (Å²) in [6.07, 6.45) is 5.93. The molecule has 2 aromatic heterocycles. The monoisotopic (exact) mass is 467 g/mol. The SMILES string of the molecule is COc1ccc(OC)c2sc(N(CCCn3ccnc3)C(=O)c3ccc([N+](=O)[O-])cc3)nc12. The number of fused-ring (bicyclic) bond motifs is 1. The molecule has 0 atom stereocenters. The first kappa shape index (κ1) is 22.2. The van der Waals surface area contributed by atoms with E-state index in [1.807, 2.05) is 10.8 Å². The lowest BCUT2D eigenvalue weighted by Gasteiger charge is -2.20. The van der Waals surface area contributed by atoms with E-state index in [9.17, 15) is 14.9 Å². The Morgan fingerprint density at radius 3 is 2.52 bits per heavy atom. The zero-order valence-electron chi connectivity index (χ0n) is 18.0. The Morgan fingerprint density at radius 2 is 1.88 bits per heavy atom. The van der Waals surface area contributed by atoms with Gasteiger partial charge in [0.25, 0.3) is 11.6 Å². The van der Waals surface area contributed by atoms with Crippen LogP contribution in [0.25, 0.3) is 10.2 Å². The number of nitrogens with zero attached hydrogens (tertiary/aromatic N) is 5. The summed E-state index contributed by atoms with van der Waals surface area (Å²) in [5, 5.41) is 11.5. The predicted molar refractivity (Wildman–Crippen MR) is 124 cm³/mol. The molecule has 11 heteroatoms. The summed E-state index contributed by atoms with van der Waals surface area (Å²) in [7, 11) is 3.14. The van der Waals surface area contributed by atoms with Crippen molar-refractivity contribution in [3.63, 3.8) is 0 Å². The van der Waals surface area contributed by atoms with E-state index in [2.05, 4.69) is 4.98 Å². The smallest absolute Gasteiger partial charge is 0.269 e. The Bertz CT molecular complexity index is 1230. The van der Waals surface area contributed by atoms with Crippen molar-refractivity contribution in [3.05, 3.63) is 70.8 Å². The van der Waals surface area contributed by atoms with Gasteiger partial charge in [-0.05, 0) is 30.7 Å². The van der Waals surface area contributed by atoms with Crippen LogP contribution in [0.4, 0.5) is 10.8 Å².